The quantitative estimate of drug-likeness (QED) is 0.679. The van der Waals surface area contributed by atoms with Gasteiger partial charge >= 0.3 is 6.01 Å². The van der Waals surface area contributed by atoms with Gasteiger partial charge in [0.25, 0.3) is 5.89 Å². The molecule has 80 valence electrons. The van der Waals surface area contributed by atoms with Crippen LogP contribution in [0.15, 0.2) is 28.7 Å². The van der Waals surface area contributed by atoms with E-state index < -0.39 is 0 Å². The summed E-state index contributed by atoms with van der Waals surface area (Å²) in [6, 6.07) is 8.11. The fourth-order valence-corrected chi connectivity index (χ4v) is 1.47. The van der Waals surface area contributed by atoms with Gasteiger partial charge in [-0.15, -0.1) is 5.10 Å². The van der Waals surface area contributed by atoms with Gasteiger partial charge in [0.1, 0.15) is 0 Å². The first-order valence-corrected chi connectivity index (χ1v) is 4.83. The molecule has 3 rings (SSSR count). The van der Waals surface area contributed by atoms with Gasteiger partial charge in [0.2, 0.25) is 0 Å². The molecule has 0 aliphatic rings. The first kappa shape index (κ1) is 8.90. The smallest absolute Gasteiger partial charge is 0.315 e. The molecule has 0 amide bonds. The summed E-state index contributed by atoms with van der Waals surface area (Å²) < 4.78 is 5.32. The number of para-hydroxylation sites is 2. The summed E-state index contributed by atoms with van der Waals surface area (Å²) in [7, 11) is 1.72. The van der Waals surface area contributed by atoms with Crippen LogP contribution in [0, 0.1) is 0 Å². The molecule has 0 unspecified atom stereocenters. The van der Waals surface area contributed by atoms with Gasteiger partial charge in [-0.25, -0.2) is 4.98 Å². The van der Waals surface area contributed by atoms with Crippen molar-refractivity contribution in [1.29, 1.82) is 0 Å². The minimum atomic E-state index is 0.371. The molecule has 0 aliphatic heterocycles. The summed E-state index contributed by atoms with van der Waals surface area (Å²) in [5.41, 5.74) is 1.82. The molecule has 0 bridgehead atoms. The third kappa shape index (κ3) is 1.31. The Bertz CT molecular complexity index is 594. The number of H-pyrrole nitrogens is 1. The third-order valence-electron chi connectivity index (χ3n) is 2.23. The largest absolute Gasteiger partial charge is 0.400 e. The van der Waals surface area contributed by atoms with Crippen molar-refractivity contribution in [2.75, 3.05) is 12.4 Å². The molecule has 0 saturated heterocycles. The molecule has 0 aliphatic carbocycles. The molecule has 0 spiro atoms. The minimum absolute atomic E-state index is 0.371. The molecule has 2 aromatic heterocycles. The van der Waals surface area contributed by atoms with Gasteiger partial charge in [-0.1, -0.05) is 17.2 Å². The second-order valence-corrected chi connectivity index (χ2v) is 3.26. The molecular formula is C10H9N5O. The number of rotatable bonds is 2. The molecule has 2 N–H and O–H groups in total. The van der Waals surface area contributed by atoms with E-state index in [1.165, 1.54) is 0 Å². The molecule has 3 aromatic rings. The number of imidazole rings is 1. The maximum absolute atomic E-state index is 5.32. The number of nitrogens with zero attached hydrogens (tertiary/aromatic N) is 3. The second-order valence-electron chi connectivity index (χ2n) is 3.26. The number of fused-ring (bicyclic) bond motifs is 1. The predicted molar refractivity (Wildman–Crippen MR) is 58.9 cm³/mol. The molecule has 6 heteroatoms. The van der Waals surface area contributed by atoms with E-state index in [4.69, 9.17) is 4.42 Å². The van der Waals surface area contributed by atoms with Crippen molar-refractivity contribution < 1.29 is 4.42 Å². The van der Waals surface area contributed by atoms with E-state index in [9.17, 15) is 0 Å². The molecule has 16 heavy (non-hydrogen) atoms. The average molecular weight is 215 g/mol. The summed E-state index contributed by atoms with van der Waals surface area (Å²) in [5, 5.41) is 10.4. The van der Waals surface area contributed by atoms with Crippen LogP contribution in [0.2, 0.25) is 0 Å². The number of hydrogen-bond donors (Lipinski definition) is 2. The number of aromatic amines is 1. The van der Waals surface area contributed by atoms with Crippen LogP contribution >= 0.6 is 0 Å². The Balaban J connectivity index is 2.11. The van der Waals surface area contributed by atoms with E-state index in [0.29, 0.717) is 17.7 Å². The zero-order valence-electron chi connectivity index (χ0n) is 8.56. The Kier molecular flexibility index (Phi) is 1.86. The molecule has 2 heterocycles. The highest BCUT2D eigenvalue weighted by Gasteiger charge is 2.11. The SMILES string of the molecule is CNc1nnc(-c2nc3ccccc3[nH]2)o1. The molecular weight excluding hydrogens is 206 g/mol. The molecule has 0 saturated carbocycles. The average Bonchev–Trinajstić information content (AvgIpc) is 2.95. The molecule has 0 fully saturated rings. The van der Waals surface area contributed by atoms with Crippen LogP contribution < -0.4 is 5.32 Å². The van der Waals surface area contributed by atoms with E-state index in [0.717, 1.165) is 11.0 Å². The lowest BCUT2D eigenvalue weighted by atomic mass is 10.3. The van der Waals surface area contributed by atoms with Crippen LogP contribution in [-0.2, 0) is 0 Å². The minimum Gasteiger partial charge on any atom is -0.400 e. The highest BCUT2D eigenvalue weighted by molar-refractivity contribution is 5.77. The van der Waals surface area contributed by atoms with Gasteiger partial charge in [0.15, 0.2) is 5.82 Å². The van der Waals surface area contributed by atoms with Crippen LogP contribution in [-0.4, -0.2) is 27.2 Å². The summed E-state index contributed by atoms with van der Waals surface area (Å²) >= 11 is 0. The van der Waals surface area contributed by atoms with Crippen molar-refractivity contribution in [2.45, 2.75) is 0 Å². The van der Waals surface area contributed by atoms with Gasteiger partial charge in [0.05, 0.1) is 11.0 Å². The lowest BCUT2D eigenvalue weighted by Crippen LogP contribution is -1.85. The summed E-state index contributed by atoms with van der Waals surface area (Å²) in [4.78, 5) is 7.47. The van der Waals surface area contributed by atoms with E-state index in [-0.39, 0.29) is 0 Å². The van der Waals surface area contributed by atoms with Crippen molar-refractivity contribution in [2.24, 2.45) is 0 Å². The number of nitrogens with one attached hydrogen (secondary N) is 2. The predicted octanol–water partition coefficient (Wildman–Crippen LogP) is 1.65. The number of benzene rings is 1. The van der Waals surface area contributed by atoms with Crippen LogP contribution in [0.5, 0.6) is 0 Å². The Morgan fingerprint density at radius 1 is 1.25 bits per heavy atom. The standard InChI is InChI=1S/C10H9N5O/c1-11-10-15-14-9(16-10)8-12-6-4-2-3-5-7(6)13-8/h2-5H,1H3,(H,11,15)(H,12,13). The first-order chi connectivity index (χ1) is 7.86. The topological polar surface area (TPSA) is 79.6 Å². The summed E-state index contributed by atoms with van der Waals surface area (Å²) in [6.45, 7) is 0. The van der Waals surface area contributed by atoms with E-state index >= 15 is 0 Å². The molecule has 1 aromatic carbocycles. The lowest BCUT2D eigenvalue weighted by molar-refractivity contribution is 0.581. The second kappa shape index (κ2) is 3.34. The van der Waals surface area contributed by atoms with Gasteiger partial charge in [0, 0.05) is 7.05 Å². The summed E-state index contributed by atoms with van der Waals surface area (Å²) in [5.74, 6) is 0.954. The van der Waals surface area contributed by atoms with Crippen LogP contribution in [0.25, 0.3) is 22.7 Å². The Morgan fingerprint density at radius 2 is 2.12 bits per heavy atom. The maximum Gasteiger partial charge on any atom is 0.315 e. The Labute approximate surface area is 90.7 Å². The van der Waals surface area contributed by atoms with Gasteiger partial charge in [-0.05, 0) is 12.1 Å². The summed E-state index contributed by atoms with van der Waals surface area (Å²) in [6.07, 6.45) is 0. The maximum atomic E-state index is 5.32. The fraction of sp³-hybridized carbons (Fsp3) is 0.100. The van der Waals surface area contributed by atoms with E-state index in [1.54, 1.807) is 7.05 Å². The van der Waals surface area contributed by atoms with Gasteiger partial charge in [-0.2, -0.15) is 0 Å². The van der Waals surface area contributed by atoms with Crippen LogP contribution in [0.4, 0.5) is 6.01 Å². The van der Waals surface area contributed by atoms with Gasteiger partial charge in [-0.3, -0.25) is 0 Å². The van der Waals surface area contributed by atoms with E-state index in [1.807, 2.05) is 24.3 Å². The monoisotopic (exact) mass is 215 g/mol. The number of hydrogen-bond acceptors (Lipinski definition) is 5. The van der Waals surface area contributed by atoms with Crippen molar-refractivity contribution in [3.8, 4) is 11.7 Å². The first-order valence-electron chi connectivity index (χ1n) is 4.83. The van der Waals surface area contributed by atoms with Crippen molar-refractivity contribution in [1.82, 2.24) is 20.2 Å². The fourth-order valence-electron chi connectivity index (χ4n) is 1.47. The van der Waals surface area contributed by atoms with Crippen molar-refractivity contribution >= 4 is 17.0 Å². The third-order valence-corrected chi connectivity index (χ3v) is 2.23. The molecule has 6 nitrogen and oxygen atoms in total. The van der Waals surface area contributed by atoms with Crippen molar-refractivity contribution in [3.05, 3.63) is 24.3 Å². The number of aromatic nitrogens is 4. The lowest BCUT2D eigenvalue weighted by Gasteiger charge is -1.86. The highest BCUT2D eigenvalue weighted by Crippen LogP contribution is 2.19. The van der Waals surface area contributed by atoms with Crippen LogP contribution in [0.3, 0.4) is 0 Å². The van der Waals surface area contributed by atoms with E-state index in [2.05, 4.69) is 25.5 Å². The Morgan fingerprint density at radius 3 is 2.88 bits per heavy atom. The Hall–Kier alpha value is -2.37. The number of anilines is 1. The molecule has 0 atom stereocenters. The highest BCUT2D eigenvalue weighted by atomic mass is 16.4. The van der Waals surface area contributed by atoms with Crippen molar-refractivity contribution in [3.63, 3.8) is 0 Å². The molecule has 0 radical (unpaired) electrons. The van der Waals surface area contributed by atoms with Crippen LogP contribution in [0.1, 0.15) is 0 Å². The zero-order chi connectivity index (χ0) is 11.0. The zero-order valence-corrected chi connectivity index (χ0v) is 8.56. The normalized spacial score (nSPS) is 10.8. The van der Waals surface area contributed by atoms with Gasteiger partial charge < -0.3 is 14.7 Å².